The van der Waals surface area contributed by atoms with Crippen LogP contribution < -0.4 is 9.64 Å². The lowest BCUT2D eigenvalue weighted by Crippen LogP contribution is -2.30. The number of carbonyl (C=O) groups is 2. The minimum absolute atomic E-state index is 0.0928. The number of ether oxygens (including phenoxy) is 1. The van der Waals surface area contributed by atoms with Gasteiger partial charge < -0.3 is 4.74 Å². The molecule has 5 nitrogen and oxygen atoms in total. The van der Waals surface area contributed by atoms with Gasteiger partial charge in [-0.1, -0.05) is 35.0 Å². The summed E-state index contributed by atoms with van der Waals surface area (Å²) in [4.78, 5) is 31.8. The van der Waals surface area contributed by atoms with E-state index in [1.807, 2.05) is 16.8 Å². The highest BCUT2D eigenvalue weighted by Crippen LogP contribution is 2.34. The van der Waals surface area contributed by atoms with Crippen LogP contribution in [0.25, 0.3) is 6.08 Å². The Bertz CT molecular complexity index is 1220. The van der Waals surface area contributed by atoms with Crippen LogP contribution in [0.3, 0.4) is 0 Å². The second-order valence-corrected chi connectivity index (χ2v) is 9.22. The van der Waals surface area contributed by atoms with E-state index in [1.165, 1.54) is 35.1 Å². The third-order valence-electron chi connectivity index (χ3n) is 4.57. The first-order valence-electron chi connectivity index (χ1n) is 9.38. The van der Waals surface area contributed by atoms with Crippen LogP contribution in [0.2, 0.25) is 10.0 Å². The number of benzene rings is 2. The van der Waals surface area contributed by atoms with Gasteiger partial charge >= 0.3 is 0 Å². The smallest absolute Gasteiger partial charge is 0.283 e. The molecule has 32 heavy (non-hydrogen) atoms. The number of aliphatic imine (C=N–C) groups is 1. The van der Waals surface area contributed by atoms with Crippen molar-refractivity contribution in [1.82, 2.24) is 0 Å². The fourth-order valence-corrected chi connectivity index (χ4v) is 4.88. The van der Waals surface area contributed by atoms with Crippen LogP contribution in [-0.2, 0) is 4.79 Å². The van der Waals surface area contributed by atoms with Crippen molar-refractivity contribution in [3.8, 4) is 5.75 Å². The number of thioether (sulfide) groups is 1. The van der Waals surface area contributed by atoms with E-state index in [1.54, 1.807) is 48.5 Å². The van der Waals surface area contributed by atoms with Crippen molar-refractivity contribution in [3.63, 3.8) is 0 Å². The molecule has 3 aromatic rings. The molecule has 0 spiro atoms. The van der Waals surface area contributed by atoms with Gasteiger partial charge in [-0.3, -0.25) is 14.5 Å². The molecule has 0 saturated carbocycles. The van der Waals surface area contributed by atoms with Gasteiger partial charge in [0.1, 0.15) is 11.4 Å². The van der Waals surface area contributed by atoms with E-state index >= 15 is 0 Å². The molecule has 4 rings (SSSR count). The average molecular weight is 503 g/mol. The van der Waals surface area contributed by atoms with Gasteiger partial charge in [-0.05, 0) is 70.9 Å². The highest BCUT2D eigenvalue weighted by atomic mass is 35.5. The van der Waals surface area contributed by atoms with Gasteiger partial charge in [0.15, 0.2) is 11.0 Å². The monoisotopic (exact) mass is 502 g/mol. The molecule has 0 radical (unpaired) electrons. The SMILES string of the molecule is COc1ccc(N2C(=O)/C(=C/c3ccsc3)N=C2SCC(=O)c2ccc(Cl)cc2)cc1Cl. The number of carbonyl (C=O) groups excluding carboxylic acids is 2. The Morgan fingerprint density at radius 2 is 1.97 bits per heavy atom. The minimum Gasteiger partial charge on any atom is -0.495 e. The summed E-state index contributed by atoms with van der Waals surface area (Å²) in [5.74, 6) is 0.226. The summed E-state index contributed by atoms with van der Waals surface area (Å²) in [7, 11) is 1.52. The summed E-state index contributed by atoms with van der Waals surface area (Å²) in [6.07, 6.45) is 1.73. The van der Waals surface area contributed by atoms with Crippen LogP contribution in [0.4, 0.5) is 5.69 Å². The molecule has 0 saturated heterocycles. The molecule has 1 aliphatic rings. The number of thiophene rings is 1. The van der Waals surface area contributed by atoms with Crippen LogP contribution in [0.1, 0.15) is 15.9 Å². The zero-order chi connectivity index (χ0) is 22.7. The van der Waals surface area contributed by atoms with E-state index in [0.29, 0.717) is 32.2 Å². The topological polar surface area (TPSA) is 59.0 Å². The van der Waals surface area contributed by atoms with Gasteiger partial charge in [0.05, 0.1) is 23.6 Å². The van der Waals surface area contributed by atoms with Crippen LogP contribution in [0, 0.1) is 0 Å². The lowest BCUT2D eigenvalue weighted by atomic mass is 10.1. The van der Waals surface area contributed by atoms with Crippen molar-refractivity contribution in [1.29, 1.82) is 0 Å². The lowest BCUT2D eigenvalue weighted by molar-refractivity contribution is -0.113. The number of halogens is 2. The third-order valence-corrected chi connectivity index (χ3v) is 6.76. The largest absolute Gasteiger partial charge is 0.495 e. The molecule has 1 amide bonds. The second kappa shape index (κ2) is 9.92. The lowest BCUT2D eigenvalue weighted by Gasteiger charge is -2.18. The number of Topliss-reactive ketones (excluding diaryl/α,β-unsaturated/α-hetero) is 1. The summed E-state index contributed by atoms with van der Waals surface area (Å²) < 4.78 is 5.21. The maximum Gasteiger partial charge on any atom is 0.283 e. The molecule has 2 aromatic carbocycles. The number of amides is 1. The van der Waals surface area contributed by atoms with E-state index in [0.717, 1.165) is 5.56 Å². The summed E-state index contributed by atoms with van der Waals surface area (Å²) >= 11 is 14.9. The van der Waals surface area contributed by atoms with Gasteiger partial charge in [-0.15, -0.1) is 0 Å². The van der Waals surface area contributed by atoms with E-state index in [2.05, 4.69) is 4.99 Å². The Balaban J connectivity index is 1.63. The van der Waals surface area contributed by atoms with E-state index in [-0.39, 0.29) is 23.1 Å². The normalized spacial score (nSPS) is 14.7. The first-order valence-corrected chi connectivity index (χ1v) is 12.1. The quantitative estimate of drug-likeness (QED) is 0.288. The van der Waals surface area contributed by atoms with Gasteiger partial charge in [0, 0.05) is 10.6 Å². The number of nitrogens with zero attached hydrogens (tertiary/aromatic N) is 2. The van der Waals surface area contributed by atoms with Crippen molar-refractivity contribution in [2.45, 2.75) is 0 Å². The van der Waals surface area contributed by atoms with E-state index in [4.69, 9.17) is 27.9 Å². The Hall–Kier alpha value is -2.58. The average Bonchev–Trinajstić information content (AvgIpc) is 3.41. The number of methoxy groups -OCH3 is 1. The standard InChI is InChI=1S/C23H16Cl2N2O3S2/c1-30-21-7-6-17(11-18(21)25)27-22(29)19(10-14-8-9-31-12-14)26-23(27)32-13-20(28)15-2-4-16(24)5-3-15/h2-12H,13H2,1H3/b19-10-. The van der Waals surface area contributed by atoms with Crippen molar-refractivity contribution >= 4 is 74.9 Å². The number of hydrogen-bond donors (Lipinski definition) is 0. The number of anilines is 1. The summed E-state index contributed by atoms with van der Waals surface area (Å²) in [6.45, 7) is 0. The third kappa shape index (κ3) is 4.91. The molecule has 1 aromatic heterocycles. The molecular formula is C23H16Cl2N2O3S2. The van der Waals surface area contributed by atoms with Crippen molar-refractivity contribution < 1.29 is 14.3 Å². The molecule has 0 N–H and O–H groups in total. The van der Waals surface area contributed by atoms with Crippen molar-refractivity contribution in [2.24, 2.45) is 4.99 Å². The zero-order valence-corrected chi connectivity index (χ0v) is 19.9. The van der Waals surface area contributed by atoms with Gasteiger partial charge in [0.2, 0.25) is 0 Å². The molecule has 2 heterocycles. The Kier molecular flexibility index (Phi) is 7.01. The van der Waals surface area contributed by atoms with Gasteiger partial charge in [-0.2, -0.15) is 11.3 Å². The molecular weight excluding hydrogens is 487 g/mol. The summed E-state index contributed by atoms with van der Waals surface area (Å²) in [5.41, 5.74) is 2.26. The second-order valence-electron chi connectivity index (χ2n) is 6.66. The Morgan fingerprint density at radius 3 is 2.62 bits per heavy atom. The van der Waals surface area contributed by atoms with Gasteiger partial charge in [-0.25, -0.2) is 4.99 Å². The molecule has 0 bridgehead atoms. The molecule has 0 unspecified atom stereocenters. The van der Waals surface area contributed by atoms with Gasteiger partial charge in [0.25, 0.3) is 5.91 Å². The fraction of sp³-hybridized carbons (Fsp3) is 0.0870. The molecule has 162 valence electrons. The molecule has 0 aliphatic carbocycles. The van der Waals surface area contributed by atoms with Crippen LogP contribution in [-0.4, -0.2) is 29.7 Å². The Labute approximate surface area is 203 Å². The maximum atomic E-state index is 13.2. The van der Waals surface area contributed by atoms with Crippen molar-refractivity contribution in [3.05, 3.63) is 86.2 Å². The first-order chi connectivity index (χ1) is 15.5. The predicted molar refractivity (Wildman–Crippen MR) is 133 cm³/mol. The van der Waals surface area contributed by atoms with E-state index < -0.39 is 0 Å². The maximum absolute atomic E-state index is 13.2. The van der Waals surface area contributed by atoms with Crippen LogP contribution in [0.5, 0.6) is 5.75 Å². The van der Waals surface area contributed by atoms with Crippen LogP contribution in [0.15, 0.2) is 70.0 Å². The highest BCUT2D eigenvalue weighted by Gasteiger charge is 2.33. The number of amidine groups is 1. The van der Waals surface area contributed by atoms with E-state index in [9.17, 15) is 9.59 Å². The number of hydrogen-bond acceptors (Lipinski definition) is 6. The molecule has 1 aliphatic heterocycles. The first kappa shape index (κ1) is 22.6. The summed E-state index contributed by atoms with van der Waals surface area (Å²) in [6, 6.07) is 13.7. The number of ketones is 1. The molecule has 0 atom stereocenters. The number of rotatable bonds is 6. The van der Waals surface area contributed by atoms with Crippen molar-refractivity contribution in [2.75, 3.05) is 17.8 Å². The summed E-state index contributed by atoms with van der Waals surface area (Å²) in [5, 5.41) is 5.19. The molecule has 9 heteroatoms. The Morgan fingerprint density at radius 1 is 1.19 bits per heavy atom. The fourth-order valence-electron chi connectivity index (χ4n) is 2.98. The van der Waals surface area contributed by atoms with Crippen LogP contribution >= 0.6 is 46.3 Å². The highest BCUT2D eigenvalue weighted by molar-refractivity contribution is 8.14. The predicted octanol–water partition coefficient (Wildman–Crippen LogP) is 6.42. The molecule has 0 fully saturated rings. The zero-order valence-electron chi connectivity index (χ0n) is 16.7. The minimum atomic E-state index is -0.293.